The molecule has 0 radical (unpaired) electrons. The number of rotatable bonds is 5. The Labute approximate surface area is 111 Å². The van der Waals surface area contributed by atoms with Crippen LogP contribution in [0.25, 0.3) is 0 Å². The molecule has 6 nitrogen and oxygen atoms in total. The van der Waals surface area contributed by atoms with Crippen molar-refractivity contribution in [3.05, 3.63) is 42.2 Å². The summed E-state index contributed by atoms with van der Waals surface area (Å²) in [6.07, 6.45) is 3.18. The van der Waals surface area contributed by atoms with Crippen molar-refractivity contribution < 1.29 is 9.53 Å². The molecule has 1 aromatic carbocycles. The zero-order chi connectivity index (χ0) is 13.7. The van der Waals surface area contributed by atoms with Gasteiger partial charge in [-0.1, -0.05) is 23.4 Å². The van der Waals surface area contributed by atoms with Gasteiger partial charge >= 0.3 is 0 Å². The third kappa shape index (κ3) is 3.31. The number of nitrogens with zero attached hydrogens (tertiary/aromatic N) is 3. The molecule has 0 aliphatic heterocycles. The minimum absolute atomic E-state index is 0.121. The quantitative estimate of drug-likeness (QED) is 0.876. The molecule has 6 heteroatoms. The third-order valence-electron chi connectivity index (χ3n) is 2.76. The van der Waals surface area contributed by atoms with Crippen LogP contribution in [0.4, 0.5) is 0 Å². The van der Waals surface area contributed by atoms with Crippen LogP contribution < -0.4 is 10.1 Å². The number of ether oxygens (including phenoxy) is 1. The van der Waals surface area contributed by atoms with Gasteiger partial charge in [-0.3, -0.25) is 4.79 Å². The van der Waals surface area contributed by atoms with Crippen LogP contribution in [-0.2, 0) is 11.3 Å². The molecule has 0 saturated carbocycles. The SMILES string of the molecule is COc1ccccc1[C@@H](C)NC(=O)Cn1ccnn1. The van der Waals surface area contributed by atoms with Crippen molar-refractivity contribution >= 4 is 5.91 Å². The number of benzene rings is 1. The van der Waals surface area contributed by atoms with Gasteiger partial charge in [0.25, 0.3) is 0 Å². The van der Waals surface area contributed by atoms with Gasteiger partial charge in [-0.05, 0) is 13.0 Å². The van der Waals surface area contributed by atoms with E-state index in [2.05, 4.69) is 15.6 Å². The lowest BCUT2D eigenvalue weighted by atomic mass is 10.1. The lowest BCUT2D eigenvalue weighted by Gasteiger charge is -2.17. The van der Waals surface area contributed by atoms with Crippen LogP contribution >= 0.6 is 0 Å². The lowest BCUT2D eigenvalue weighted by molar-refractivity contribution is -0.122. The predicted molar refractivity (Wildman–Crippen MR) is 69.6 cm³/mol. The molecule has 0 spiro atoms. The lowest BCUT2D eigenvalue weighted by Crippen LogP contribution is -2.30. The maximum atomic E-state index is 11.9. The number of hydrogen-bond donors (Lipinski definition) is 1. The second-order valence-corrected chi connectivity index (χ2v) is 4.13. The second-order valence-electron chi connectivity index (χ2n) is 4.13. The Balaban J connectivity index is 2.00. The molecule has 2 rings (SSSR count). The highest BCUT2D eigenvalue weighted by Gasteiger charge is 2.13. The van der Waals surface area contributed by atoms with Crippen molar-refractivity contribution in [3.63, 3.8) is 0 Å². The highest BCUT2D eigenvalue weighted by molar-refractivity contribution is 5.76. The summed E-state index contributed by atoms with van der Waals surface area (Å²) in [5.74, 6) is 0.639. The molecule has 1 atom stereocenters. The highest BCUT2D eigenvalue weighted by Crippen LogP contribution is 2.24. The molecule has 0 aliphatic carbocycles. The first-order valence-electron chi connectivity index (χ1n) is 5.97. The Kier molecular flexibility index (Phi) is 4.12. The average molecular weight is 260 g/mol. The van der Waals surface area contributed by atoms with Crippen LogP contribution in [0.5, 0.6) is 5.75 Å². The minimum atomic E-state index is -0.132. The molecule has 1 aromatic heterocycles. The Morgan fingerprint density at radius 1 is 1.47 bits per heavy atom. The highest BCUT2D eigenvalue weighted by atomic mass is 16.5. The van der Waals surface area contributed by atoms with Gasteiger partial charge in [0.2, 0.25) is 5.91 Å². The van der Waals surface area contributed by atoms with E-state index in [1.807, 2.05) is 31.2 Å². The van der Waals surface area contributed by atoms with Crippen molar-refractivity contribution in [1.29, 1.82) is 0 Å². The number of aromatic nitrogens is 3. The number of methoxy groups -OCH3 is 1. The second kappa shape index (κ2) is 5.99. The summed E-state index contributed by atoms with van der Waals surface area (Å²) in [6.45, 7) is 2.07. The summed E-state index contributed by atoms with van der Waals surface area (Å²) < 4.78 is 6.75. The van der Waals surface area contributed by atoms with Crippen LogP contribution in [0.2, 0.25) is 0 Å². The average Bonchev–Trinajstić information content (AvgIpc) is 2.91. The van der Waals surface area contributed by atoms with Gasteiger partial charge in [-0.25, -0.2) is 4.68 Å². The van der Waals surface area contributed by atoms with E-state index in [1.54, 1.807) is 13.3 Å². The molecule has 19 heavy (non-hydrogen) atoms. The van der Waals surface area contributed by atoms with Crippen molar-refractivity contribution in [2.45, 2.75) is 19.5 Å². The zero-order valence-corrected chi connectivity index (χ0v) is 10.9. The van der Waals surface area contributed by atoms with E-state index >= 15 is 0 Å². The first-order chi connectivity index (χ1) is 9.20. The van der Waals surface area contributed by atoms with Crippen LogP contribution in [0.15, 0.2) is 36.7 Å². The maximum absolute atomic E-state index is 11.9. The summed E-state index contributed by atoms with van der Waals surface area (Å²) >= 11 is 0. The van der Waals surface area contributed by atoms with Crippen molar-refractivity contribution in [2.24, 2.45) is 0 Å². The number of carbonyl (C=O) groups is 1. The molecule has 2 aromatic rings. The van der Waals surface area contributed by atoms with Crippen molar-refractivity contribution in [2.75, 3.05) is 7.11 Å². The van der Waals surface area contributed by atoms with Crippen molar-refractivity contribution in [1.82, 2.24) is 20.3 Å². The smallest absolute Gasteiger partial charge is 0.242 e. The van der Waals surface area contributed by atoms with Gasteiger partial charge in [0.05, 0.1) is 19.3 Å². The minimum Gasteiger partial charge on any atom is -0.496 e. The van der Waals surface area contributed by atoms with Gasteiger partial charge in [0.1, 0.15) is 12.3 Å². The monoisotopic (exact) mass is 260 g/mol. The molecular formula is C13H16N4O2. The normalized spacial score (nSPS) is 11.9. The maximum Gasteiger partial charge on any atom is 0.242 e. The summed E-state index contributed by atoms with van der Waals surface area (Å²) in [5, 5.41) is 10.3. The number of carbonyl (C=O) groups excluding carboxylic acids is 1. The molecule has 0 unspecified atom stereocenters. The van der Waals surface area contributed by atoms with Crippen LogP contribution in [0.3, 0.4) is 0 Å². The van der Waals surface area contributed by atoms with Crippen LogP contribution in [0.1, 0.15) is 18.5 Å². The third-order valence-corrected chi connectivity index (χ3v) is 2.76. The molecule has 1 amide bonds. The van der Waals surface area contributed by atoms with E-state index in [1.165, 1.54) is 10.9 Å². The molecule has 1 N–H and O–H groups in total. The number of nitrogens with one attached hydrogen (secondary N) is 1. The van der Waals surface area contributed by atoms with Crippen LogP contribution in [0, 0.1) is 0 Å². The number of para-hydroxylation sites is 1. The van der Waals surface area contributed by atoms with E-state index in [9.17, 15) is 4.79 Å². The number of hydrogen-bond acceptors (Lipinski definition) is 4. The Morgan fingerprint density at radius 3 is 2.95 bits per heavy atom. The zero-order valence-electron chi connectivity index (χ0n) is 10.9. The topological polar surface area (TPSA) is 69.0 Å². The summed E-state index contributed by atoms with van der Waals surface area (Å²) in [7, 11) is 1.61. The van der Waals surface area contributed by atoms with E-state index in [-0.39, 0.29) is 18.5 Å². The molecule has 100 valence electrons. The van der Waals surface area contributed by atoms with E-state index in [4.69, 9.17) is 4.74 Å². The van der Waals surface area contributed by atoms with Crippen LogP contribution in [-0.4, -0.2) is 28.0 Å². The standard InChI is InChI=1S/C13H16N4O2/c1-10(11-5-3-4-6-12(11)19-2)15-13(18)9-17-8-7-14-16-17/h3-8,10H,9H2,1-2H3,(H,15,18)/t10-/m1/s1. The van der Waals surface area contributed by atoms with E-state index < -0.39 is 0 Å². The van der Waals surface area contributed by atoms with Gasteiger partial charge < -0.3 is 10.1 Å². The molecule has 1 heterocycles. The Morgan fingerprint density at radius 2 is 2.26 bits per heavy atom. The molecule has 0 aliphatic rings. The van der Waals surface area contributed by atoms with Gasteiger partial charge in [0, 0.05) is 11.8 Å². The first kappa shape index (κ1) is 13.1. The molecular weight excluding hydrogens is 244 g/mol. The van der Waals surface area contributed by atoms with E-state index in [0.717, 1.165) is 11.3 Å². The number of amides is 1. The molecule has 0 saturated heterocycles. The summed E-state index contributed by atoms with van der Waals surface area (Å²) in [6, 6.07) is 7.48. The first-order valence-corrected chi connectivity index (χ1v) is 5.97. The predicted octanol–water partition coefficient (Wildman–Crippen LogP) is 1.16. The van der Waals surface area contributed by atoms with Crippen molar-refractivity contribution in [3.8, 4) is 5.75 Å². The van der Waals surface area contributed by atoms with Gasteiger partial charge in [-0.15, -0.1) is 5.10 Å². The Bertz CT molecular complexity index is 539. The summed E-state index contributed by atoms with van der Waals surface area (Å²) in [5.41, 5.74) is 0.942. The molecule has 0 bridgehead atoms. The molecule has 0 fully saturated rings. The fourth-order valence-corrected chi connectivity index (χ4v) is 1.85. The van der Waals surface area contributed by atoms with E-state index in [0.29, 0.717) is 0 Å². The fourth-order valence-electron chi connectivity index (χ4n) is 1.85. The fraction of sp³-hybridized carbons (Fsp3) is 0.308. The summed E-state index contributed by atoms with van der Waals surface area (Å²) in [4.78, 5) is 11.9. The van der Waals surface area contributed by atoms with Gasteiger partial charge in [0.15, 0.2) is 0 Å². The largest absolute Gasteiger partial charge is 0.496 e. The van der Waals surface area contributed by atoms with Gasteiger partial charge in [-0.2, -0.15) is 0 Å². The Hall–Kier alpha value is -2.37.